The average molecular weight is 551 g/mol. The Morgan fingerprint density at radius 2 is 1.09 bits per heavy atom. The van der Waals surface area contributed by atoms with Crippen LogP contribution in [-0.2, 0) is 20.0 Å². The van der Waals surface area contributed by atoms with E-state index in [0.717, 1.165) is 8.61 Å². The number of hydrogen-bond donors (Lipinski definition) is 0. The van der Waals surface area contributed by atoms with Gasteiger partial charge < -0.3 is 0 Å². The third-order valence-corrected chi connectivity index (χ3v) is 9.00. The van der Waals surface area contributed by atoms with Gasteiger partial charge in [-0.05, 0) is 43.9 Å². The van der Waals surface area contributed by atoms with E-state index < -0.39 is 53.3 Å². The number of Topliss-reactive ketones (excluding diaryl/α,β-unsaturated/α-hetero) is 1. The lowest BCUT2D eigenvalue weighted by molar-refractivity contribution is -0.255. The number of carbonyl (C=O) groups excluding carboxylic acids is 1. The predicted octanol–water partition coefficient (Wildman–Crippen LogP) is 4.69. The number of sulfonamides is 2. The molecule has 1 rings (SSSR count). The molecule has 0 aliphatic carbocycles. The van der Waals surface area contributed by atoms with Gasteiger partial charge in [-0.1, -0.05) is 27.7 Å². The van der Waals surface area contributed by atoms with E-state index in [-0.39, 0.29) is 26.2 Å². The van der Waals surface area contributed by atoms with Gasteiger partial charge in [0.15, 0.2) is 0 Å². The van der Waals surface area contributed by atoms with E-state index >= 15 is 0 Å². The predicted molar refractivity (Wildman–Crippen MR) is 120 cm³/mol. The fraction of sp³-hybridized carbons (Fsp3) is 0.667. The van der Waals surface area contributed by atoms with Crippen LogP contribution in [0.5, 0.6) is 0 Å². The Morgan fingerprint density at radius 1 is 0.714 bits per heavy atom. The maximum Gasteiger partial charge on any atom is 0.461 e. The van der Waals surface area contributed by atoms with Gasteiger partial charge >= 0.3 is 12.1 Å². The molecule has 7 nitrogen and oxygen atoms in total. The highest BCUT2D eigenvalue weighted by molar-refractivity contribution is 7.92. The molecule has 0 saturated carbocycles. The van der Waals surface area contributed by atoms with Crippen molar-refractivity contribution in [3.8, 4) is 0 Å². The van der Waals surface area contributed by atoms with Crippen molar-refractivity contribution in [1.29, 1.82) is 0 Å². The number of ketones is 1. The molecule has 0 aliphatic heterocycles. The molecule has 0 amide bonds. The highest BCUT2D eigenvalue weighted by Gasteiger charge is 2.63. The quantitative estimate of drug-likeness (QED) is 0.248. The van der Waals surface area contributed by atoms with Crippen molar-refractivity contribution in [2.24, 2.45) is 0 Å². The molecular weight excluding hydrogens is 519 g/mol. The zero-order valence-corrected chi connectivity index (χ0v) is 21.7. The van der Waals surface area contributed by atoms with Gasteiger partial charge in [0.2, 0.25) is 25.8 Å². The molecule has 0 spiro atoms. The Morgan fingerprint density at radius 3 is 1.43 bits per heavy atom. The molecule has 0 fully saturated rings. The standard InChI is InChI=1S/C21H31F5N2O5S2/c1-5-11-27(12-6-2)34(30,31)17-10-9-16(19(29)20(22,23)21(24,25)26)15-18(17)35(32,33)28(13-7-3)14-8-4/h9-10,15H,5-8,11-14H2,1-4H3. The molecule has 0 N–H and O–H groups in total. The van der Waals surface area contributed by atoms with E-state index in [1.54, 1.807) is 27.7 Å². The van der Waals surface area contributed by atoms with Crippen molar-refractivity contribution < 1.29 is 43.6 Å². The van der Waals surface area contributed by atoms with Crippen LogP contribution in [0.3, 0.4) is 0 Å². The second kappa shape index (κ2) is 12.1. The van der Waals surface area contributed by atoms with E-state index in [0.29, 0.717) is 43.9 Å². The zero-order chi connectivity index (χ0) is 27.2. The Hall–Kier alpha value is -1.64. The summed E-state index contributed by atoms with van der Waals surface area (Å²) in [6.07, 6.45) is -4.81. The van der Waals surface area contributed by atoms with E-state index in [1.165, 1.54) is 0 Å². The van der Waals surface area contributed by atoms with E-state index in [1.807, 2.05) is 0 Å². The Bertz CT molecular complexity index is 1080. The number of halogens is 5. The fourth-order valence-corrected chi connectivity index (χ4v) is 7.39. The molecule has 202 valence electrons. The summed E-state index contributed by atoms with van der Waals surface area (Å²) in [5.74, 6) is -8.47. The average Bonchev–Trinajstić information content (AvgIpc) is 2.77. The summed E-state index contributed by atoms with van der Waals surface area (Å²) >= 11 is 0. The van der Waals surface area contributed by atoms with Crippen LogP contribution in [-0.4, -0.2) is 69.5 Å². The lowest BCUT2D eigenvalue weighted by Crippen LogP contribution is -2.44. The zero-order valence-electron chi connectivity index (χ0n) is 20.0. The van der Waals surface area contributed by atoms with E-state index in [9.17, 15) is 43.6 Å². The molecule has 0 saturated heterocycles. The number of carbonyl (C=O) groups is 1. The van der Waals surface area contributed by atoms with Crippen LogP contribution in [0.1, 0.15) is 63.7 Å². The van der Waals surface area contributed by atoms with Gasteiger partial charge in [-0.2, -0.15) is 30.6 Å². The molecule has 0 aromatic heterocycles. The Balaban J connectivity index is 3.95. The topological polar surface area (TPSA) is 91.8 Å². The summed E-state index contributed by atoms with van der Waals surface area (Å²) in [5, 5.41) is 0. The summed E-state index contributed by atoms with van der Waals surface area (Å²) < 4.78 is 121. The maximum absolute atomic E-state index is 13.7. The minimum atomic E-state index is -6.22. The molecule has 0 unspecified atom stereocenters. The number of nitrogens with zero attached hydrogens (tertiary/aromatic N) is 2. The summed E-state index contributed by atoms with van der Waals surface area (Å²) in [6.45, 7) is 6.64. The van der Waals surface area contributed by atoms with Gasteiger partial charge in [-0.15, -0.1) is 0 Å². The number of rotatable bonds is 14. The summed E-state index contributed by atoms with van der Waals surface area (Å²) in [7, 11) is -9.19. The third-order valence-electron chi connectivity index (χ3n) is 4.97. The Kier molecular flexibility index (Phi) is 10.8. The summed E-state index contributed by atoms with van der Waals surface area (Å²) in [5.41, 5.74) is -1.27. The van der Waals surface area contributed by atoms with Crippen molar-refractivity contribution in [1.82, 2.24) is 8.61 Å². The van der Waals surface area contributed by atoms with Crippen molar-refractivity contribution in [3.63, 3.8) is 0 Å². The highest BCUT2D eigenvalue weighted by atomic mass is 32.2. The second-order valence-electron chi connectivity index (χ2n) is 7.87. The summed E-state index contributed by atoms with van der Waals surface area (Å²) in [6, 6.07) is 1.39. The molecule has 14 heteroatoms. The van der Waals surface area contributed by atoms with Crippen LogP contribution < -0.4 is 0 Å². The molecule has 0 radical (unpaired) electrons. The van der Waals surface area contributed by atoms with Gasteiger partial charge in [0.05, 0.1) is 0 Å². The first-order valence-corrected chi connectivity index (χ1v) is 14.1. The van der Waals surface area contributed by atoms with Crippen LogP contribution in [0.25, 0.3) is 0 Å². The largest absolute Gasteiger partial charge is 0.461 e. The smallest absolute Gasteiger partial charge is 0.287 e. The Labute approximate surface area is 203 Å². The monoisotopic (exact) mass is 550 g/mol. The SMILES string of the molecule is CCCN(CCC)S(=O)(=O)c1ccc(C(=O)C(F)(F)C(F)(F)F)cc1S(=O)(=O)N(CCC)CCC. The first kappa shape index (κ1) is 31.4. The molecule has 1 aromatic rings. The van der Waals surface area contributed by atoms with Gasteiger partial charge in [0.25, 0.3) is 0 Å². The van der Waals surface area contributed by atoms with Crippen LogP contribution in [0.4, 0.5) is 22.0 Å². The van der Waals surface area contributed by atoms with Gasteiger partial charge in [0.1, 0.15) is 9.79 Å². The maximum atomic E-state index is 13.7. The van der Waals surface area contributed by atoms with Crippen molar-refractivity contribution in [3.05, 3.63) is 23.8 Å². The van der Waals surface area contributed by atoms with Gasteiger partial charge in [-0.25, -0.2) is 16.8 Å². The molecule has 0 heterocycles. The van der Waals surface area contributed by atoms with Crippen LogP contribution in [0, 0.1) is 0 Å². The summed E-state index contributed by atoms with van der Waals surface area (Å²) in [4.78, 5) is 10.3. The molecule has 35 heavy (non-hydrogen) atoms. The first-order chi connectivity index (χ1) is 16.0. The normalized spacial score (nSPS) is 13.6. The highest BCUT2D eigenvalue weighted by Crippen LogP contribution is 2.39. The van der Waals surface area contributed by atoms with Crippen LogP contribution >= 0.6 is 0 Å². The van der Waals surface area contributed by atoms with E-state index in [2.05, 4.69) is 0 Å². The van der Waals surface area contributed by atoms with Gasteiger partial charge in [-0.3, -0.25) is 4.79 Å². The van der Waals surface area contributed by atoms with E-state index in [4.69, 9.17) is 0 Å². The fourth-order valence-electron chi connectivity index (χ4n) is 3.35. The number of benzene rings is 1. The molecule has 0 aliphatic rings. The minimum Gasteiger partial charge on any atom is -0.287 e. The molecule has 0 bridgehead atoms. The van der Waals surface area contributed by atoms with Crippen LogP contribution in [0.15, 0.2) is 28.0 Å². The van der Waals surface area contributed by atoms with Crippen molar-refractivity contribution in [2.75, 3.05) is 26.2 Å². The molecule has 0 atom stereocenters. The minimum absolute atomic E-state index is 0.0239. The first-order valence-electron chi connectivity index (χ1n) is 11.2. The third kappa shape index (κ3) is 6.77. The lowest BCUT2D eigenvalue weighted by atomic mass is 10.1. The molecule has 1 aromatic carbocycles. The van der Waals surface area contributed by atoms with Crippen molar-refractivity contribution in [2.45, 2.75) is 75.3 Å². The molecular formula is C21H31F5N2O5S2. The lowest BCUT2D eigenvalue weighted by Gasteiger charge is -2.26. The van der Waals surface area contributed by atoms with Gasteiger partial charge in [0, 0.05) is 31.7 Å². The second-order valence-corrected chi connectivity index (χ2v) is 11.7. The number of alkyl halides is 5. The number of hydrogen-bond acceptors (Lipinski definition) is 5. The van der Waals surface area contributed by atoms with Crippen molar-refractivity contribution >= 4 is 25.8 Å². The van der Waals surface area contributed by atoms with Crippen LogP contribution in [0.2, 0.25) is 0 Å².